The summed E-state index contributed by atoms with van der Waals surface area (Å²) < 4.78 is 1.06. The van der Waals surface area contributed by atoms with Crippen molar-refractivity contribution in [1.29, 1.82) is 0 Å². The first-order valence-electron chi connectivity index (χ1n) is 6.47. The van der Waals surface area contributed by atoms with Crippen LogP contribution in [0.25, 0.3) is 11.0 Å². The van der Waals surface area contributed by atoms with Gasteiger partial charge >= 0.3 is 0 Å². The van der Waals surface area contributed by atoms with Crippen molar-refractivity contribution in [2.24, 2.45) is 0 Å². The van der Waals surface area contributed by atoms with Crippen LogP contribution in [0.5, 0.6) is 0 Å². The molecule has 0 radical (unpaired) electrons. The predicted octanol–water partition coefficient (Wildman–Crippen LogP) is 5.16. The van der Waals surface area contributed by atoms with Gasteiger partial charge in [-0.15, -0.1) is 11.3 Å². The summed E-state index contributed by atoms with van der Waals surface area (Å²) in [6, 6.07) is 11.7. The number of aromatic amines is 1. The Bertz CT molecular complexity index is 643. The van der Waals surface area contributed by atoms with Crippen LogP contribution in [0.2, 0.25) is 0 Å². The van der Waals surface area contributed by atoms with Crippen molar-refractivity contribution in [2.75, 3.05) is 6.26 Å². The van der Waals surface area contributed by atoms with Gasteiger partial charge in [-0.2, -0.15) is 12.6 Å². The van der Waals surface area contributed by atoms with E-state index >= 15 is 0 Å². The smallest absolute Gasteiger partial charge is 0.172 e. The molecule has 2 aromatic heterocycles. The van der Waals surface area contributed by atoms with Crippen LogP contribution in [-0.2, 0) is 0 Å². The van der Waals surface area contributed by atoms with E-state index in [0.717, 1.165) is 31.6 Å². The molecule has 0 unspecified atom stereocenters. The fourth-order valence-electron chi connectivity index (χ4n) is 1.53. The third kappa shape index (κ3) is 4.91. The number of nitrogens with one attached hydrogen (secondary N) is 1. The molecule has 1 aromatic carbocycles. The molecule has 112 valence electrons. The molecule has 0 atom stereocenters. The van der Waals surface area contributed by atoms with E-state index in [4.69, 9.17) is 0 Å². The number of imidazole rings is 1. The molecule has 0 saturated heterocycles. The standard InChI is InChI=1S/C12H8N2OS2.C2H6.CH4S/c15-7-8-5-6-11(16-8)17-12-13-9-3-1-2-4-10(9)14-12;2*1-2/h1-7H,(H,13,14);1-2H3;2H,1H3. The lowest BCUT2D eigenvalue weighted by molar-refractivity contribution is 0.112. The average Bonchev–Trinajstić information content (AvgIpc) is 3.17. The second-order valence-electron chi connectivity index (χ2n) is 3.44. The number of carbonyl (C=O) groups is 1. The molecule has 0 spiro atoms. The number of fused-ring (bicyclic) bond motifs is 1. The fourth-order valence-corrected chi connectivity index (χ4v) is 3.40. The maximum absolute atomic E-state index is 10.6. The van der Waals surface area contributed by atoms with Gasteiger partial charge in [0.2, 0.25) is 0 Å². The first-order chi connectivity index (χ1) is 10.3. The fraction of sp³-hybridized carbons (Fsp3) is 0.200. The van der Waals surface area contributed by atoms with E-state index in [9.17, 15) is 4.79 Å². The number of hydrogen-bond donors (Lipinski definition) is 2. The lowest BCUT2D eigenvalue weighted by Crippen LogP contribution is -1.70. The monoisotopic (exact) mass is 338 g/mol. The lowest BCUT2D eigenvalue weighted by Gasteiger charge is -1.90. The number of thiophene rings is 1. The molecule has 0 aliphatic carbocycles. The Kier molecular flexibility index (Phi) is 8.19. The van der Waals surface area contributed by atoms with Gasteiger partial charge in [-0.1, -0.05) is 26.0 Å². The van der Waals surface area contributed by atoms with Crippen molar-refractivity contribution >= 4 is 53.0 Å². The highest BCUT2D eigenvalue weighted by Gasteiger charge is 2.06. The van der Waals surface area contributed by atoms with Gasteiger partial charge in [0, 0.05) is 0 Å². The van der Waals surface area contributed by atoms with Gasteiger partial charge < -0.3 is 4.98 Å². The molecule has 0 bridgehead atoms. The molecule has 0 aliphatic rings. The van der Waals surface area contributed by atoms with Crippen molar-refractivity contribution in [1.82, 2.24) is 9.97 Å². The van der Waals surface area contributed by atoms with Gasteiger partial charge in [0.15, 0.2) is 11.4 Å². The van der Waals surface area contributed by atoms with Gasteiger partial charge in [0.05, 0.1) is 20.1 Å². The first kappa shape index (κ1) is 17.8. The molecule has 2 heterocycles. The minimum absolute atomic E-state index is 0.739. The number of thiol groups is 1. The van der Waals surface area contributed by atoms with E-state index in [1.165, 1.54) is 11.3 Å². The Balaban J connectivity index is 0.000000510. The van der Waals surface area contributed by atoms with Crippen LogP contribution < -0.4 is 0 Å². The Morgan fingerprint density at radius 3 is 2.52 bits per heavy atom. The van der Waals surface area contributed by atoms with Crippen LogP contribution in [0.15, 0.2) is 45.8 Å². The number of nitrogens with zero attached hydrogens (tertiary/aromatic N) is 1. The van der Waals surface area contributed by atoms with Crippen molar-refractivity contribution in [3.05, 3.63) is 41.3 Å². The molecule has 0 fully saturated rings. The quantitative estimate of drug-likeness (QED) is 0.512. The summed E-state index contributed by atoms with van der Waals surface area (Å²) in [6.07, 6.45) is 2.56. The van der Waals surface area contributed by atoms with Crippen molar-refractivity contribution < 1.29 is 4.79 Å². The average molecular weight is 339 g/mol. The van der Waals surface area contributed by atoms with Crippen molar-refractivity contribution in [3.8, 4) is 0 Å². The van der Waals surface area contributed by atoms with Crippen LogP contribution >= 0.6 is 35.7 Å². The van der Waals surface area contributed by atoms with Gasteiger partial charge in [-0.05, 0) is 42.3 Å². The molecule has 21 heavy (non-hydrogen) atoms. The summed E-state index contributed by atoms with van der Waals surface area (Å²) in [6.45, 7) is 4.00. The third-order valence-corrected chi connectivity index (χ3v) is 4.31. The molecular formula is C15H18N2OS3. The van der Waals surface area contributed by atoms with Crippen molar-refractivity contribution in [3.63, 3.8) is 0 Å². The maximum Gasteiger partial charge on any atom is 0.172 e. The molecule has 0 amide bonds. The largest absolute Gasteiger partial charge is 0.333 e. The van der Waals surface area contributed by atoms with Crippen LogP contribution in [0.3, 0.4) is 0 Å². The van der Waals surface area contributed by atoms with E-state index in [1.807, 2.05) is 50.2 Å². The molecule has 3 nitrogen and oxygen atoms in total. The van der Waals surface area contributed by atoms with Gasteiger partial charge in [-0.25, -0.2) is 4.98 Å². The molecule has 1 N–H and O–H groups in total. The Morgan fingerprint density at radius 2 is 1.90 bits per heavy atom. The number of H-pyrrole nitrogens is 1. The van der Waals surface area contributed by atoms with Crippen LogP contribution in [-0.4, -0.2) is 22.5 Å². The summed E-state index contributed by atoms with van der Waals surface area (Å²) in [5.74, 6) is 0. The summed E-state index contributed by atoms with van der Waals surface area (Å²) in [5.41, 5.74) is 1.99. The number of carbonyl (C=O) groups excluding carboxylic acids is 1. The Labute approximate surface area is 138 Å². The van der Waals surface area contributed by atoms with E-state index in [0.29, 0.717) is 0 Å². The first-order valence-corrected chi connectivity index (χ1v) is 9.00. The highest BCUT2D eigenvalue weighted by molar-refractivity contribution is 8.01. The topological polar surface area (TPSA) is 45.8 Å². The molecule has 3 aromatic rings. The summed E-state index contributed by atoms with van der Waals surface area (Å²) in [4.78, 5) is 19.0. The summed E-state index contributed by atoms with van der Waals surface area (Å²) in [5, 5.41) is 0.852. The maximum atomic E-state index is 10.6. The minimum atomic E-state index is 0.739. The summed E-state index contributed by atoms with van der Waals surface area (Å²) >= 11 is 6.54. The van der Waals surface area contributed by atoms with Crippen LogP contribution in [0.4, 0.5) is 0 Å². The predicted molar refractivity (Wildman–Crippen MR) is 96.2 cm³/mol. The van der Waals surface area contributed by atoms with Gasteiger partial charge in [0.1, 0.15) is 0 Å². The second-order valence-corrected chi connectivity index (χ2v) is 5.84. The Hall–Kier alpha value is -1.24. The van der Waals surface area contributed by atoms with E-state index in [1.54, 1.807) is 18.0 Å². The number of rotatable bonds is 3. The van der Waals surface area contributed by atoms with E-state index in [-0.39, 0.29) is 0 Å². The number of hydrogen-bond acceptors (Lipinski definition) is 5. The zero-order valence-electron chi connectivity index (χ0n) is 12.2. The molecular weight excluding hydrogens is 320 g/mol. The summed E-state index contributed by atoms with van der Waals surface area (Å²) in [7, 11) is 0. The second kappa shape index (κ2) is 9.65. The van der Waals surface area contributed by atoms with E-state index in [2.05, 4.69) is 22.6 Å². The molecule has 3 rings (SSSR count). The van der Waals surface area contributed by atoms with E-state index < -0.39 is 0 Å². The van der Waals surface area contributed by atoms with Crippen LogP contribution in [0, 0.1) is 0 Å². The SMILES string of the molecule is CC.CS.O=Cc1ccc(Sc2nc3ccccc3[nH]2)s1. The zero-order valence-corrected chi connectivity index (χ0v) is 14.7. The molecule has 6 heteroatoms. The number of aromatic nitrogens is 2. The highest BCUT2D eigenvalue weighted by Crippen LogP contribution is 2.32. The zero-order chi connectivity index (χ0) is 15.7. The normalized spacial score (nSPS) is 9.33. The molecule has 0 aliphatic heterocycles. The highest BCUT2D eigenvalue weighted by atomic mass is 32.2. The number of benzene rings is 1. The molecule has 0 saturated carbocycles. The minimum Gasteiger partial charge on any atom is -0.333 e. The third-order valence-electron chi connectivity index (χ3n) is 2.28. The number of aldehydes is 1. The van der Waals surface area contributed by atoms with Gasteiger partial charge in [-0.3, -0.25) is 4.79 Å². The lowest BCUT2D eigenvalue weighted by atomic mass is 10.3. The number of para-hydroxylation sites is 2. The van der Waals surface area contributed by atoms with Gasteiger partial charge in [0.25, 0.3) is 0 Å². The van der Waals surface area contributed by atoms with Crippen LogP contribution in [0.1, 0.15) is 23.5 Å². The Morgan fingerprint density at radius 1 is 1.19 bits per heavy atom. The van der Waals surface area contributed by atoms with Crippen molar-refractivity contribution in [2.45, 2.75) is 23.2 Å².